The quantitative estimate of drug-likeness (QED) is 0.845. The first kappa shape index (κ1) is 14.6. The summed E-state index contributed by atoms with van der Waals surface area (Å²) in [5.74, 6) is -0.769. The van der Waals surface area contributed by atoms with E-state index in [2.05, 4.69) is 5.10 Å². The number of hydrogen-bond donors (Lipinski definition) is 1. The molecule has 2 heterocycles. The maximum atomic E-state index is 12.2. The fourth-order valence-electron chi connectivity index (χ4n) is 2.14. The second-order valence-corrected chi connectivity index (χ2v) is 5.79. The first-order valence-electron chi connectivity index (χ1n) is 6.36. The summed E-state index contributed by atoms with van der Waals surface area (Å²) in [5, 5.41) is 13.1. The second kappa shape index (κ2) is 6.13. The van der Waals surface area contributed by atoms with Gasteiger partial charge in [-0.3, -0.25) is 9.48 Å². The van der Waals surface area contributed by atoms with E-state index < -0.39 is 12.0 Å². The van der Waals surface area contributed by atoms with Gasteiger partial charge in [0.25, 0.3) is 0 Å². The molecule has 0 radical (unpaired) electrons. The number of carboxylic acid groups (broad SMARTS) is 1. The molecule has 2 unspecified atom stereocenters. The van der Waals surface area contributed by atoms with Crippen molar-refractivity contribution >= 4 is 29.7 Å². The fourth-order valence-corrected chi connectivity index (χ4v) is 3.50. The van der Waals surface area contributed by atoms with E-state index in [-0.39, 0.29) is 11.3 Å². The average Bonchev–Trinajstić information content (AvgIpc) is 3.01. The molecule has 0 spiro atoms. The minimum Gasteiger partial charge on any atom is -0.480 e. The van der Waals surface area contributed by atoms with Gasteiger partial charge in [-0.25, -0.2) is 4.79 Å². The molecule has 6 nitrogen and oxygen atoms in total. The highest BCUT2D eigenvalue weighted by Gasteiger charge is 2.39. The Morgan fingerprint density at radius 3 is 2.90 bits per heavy atom. The Morgan fingerprint density at radius 1 is 1.60 bits per heavy atom. The van der Waals surface area contributed by atoms with Crippen molar-refractivity contribution in [1.82, 2.24) is 14.7 Å². The molecular weight excluding hydrogens is 278 g/mol. The van der Waals surface area contributed by atoms with Crippen LogP contribution in [0, 0.1) is 0 Å². The van der Waals surface area contributed by atoms with Crippen molar-refractivity contribution in [2.24, 2.45) is 7.05 Å². The summed E-state index contributed by atoms with van der Waals surface area (Å²) in [6.07, 6.45) is 7.25. The minimum absolute atomic E-state index is 0.0675. The lowest BCUT2D eigenvalue weighted by atomic mass is 10.2. The Hall–Kier alpha value is -1.76. The van der Waals surface area contributed by atoms with E-state index in [0.29, 0.717) is 5.75 Å². The number of rotatable bonds is 4. The molecule has 1 amide bonds. The highest BCUT2D eigenvalue weighted by atomic mass is 32.2. The summed E-state index contributed by atoms with van der Waals surface area (Å²) in [5.41, 5.74) is 0.813. The highest BCUT2D eigenvalue weighted by molar-refractivity contribution is 8.00. The molecule has 1 aliphatic rings. The third-order valence-electron chi connectivity index (χ3n) is 3.12. The van der Waals surface area contributed by atoms with Crippen LogP contribution in [0.25, 0.3) is 6.08 Å². The summed E-state index contributed by atoms with van der Waals surface area (Å²) in [6, 6.07) is -0.740. The molecule has 7 heteroatoms. The molecule has 0 saturated carbocycles. The molecule has 1 aliphatic heterocycles. The number of amides is 1. The molecule has 1 fully saturated rings. The first-order chi connectivity index (χ1) is 9.52. The van der Waals surface area contributed by atoms with E-state index >= 15 is 0 Å². The van der Waals surface area contributed by atoms with Crippen LogP contribution in [0.3, 0.4) is 0 Å². The lowest BCUT2D eigenvalue weighted by Gasteiger charge is -2.25. The number of nitrogens with zero attached hydrogens (tertiary/aromatic N) is 3. The van der Waals surface area contributed by atoms with Crippen LogP contribution in [0.1, 0.15) is 18.9 Å². The molecule has 1 aromatic rings. The third-order valence-corrected chi connectivity index (χ3v) is 4.58. The summed E-state index contributed by atoms with van der Waals surface area (Å²) in [4.78, 5) is 24.9. The van der Waals surface area contributed by atoms with Crippen LogP contribution in [-0.2, 0) is 16.6 Å². The largest absolute Gasteiger partial charge is 0.480 e. The van der Waals surface area contributed by atoms with Crippen LogP contribution in [0.5, 0.6) is 0 Å². The number of carbonyl (C=O) groups excluding carboxylic acids is 1. The van der Waals surface area contributed by atoms with Crippen LogP contribution in [0.2, 0.25) is 0 Å². The standard InChI is InChI=1S/C13H17N3O3S/c1-3-12-16(10(8-20-12)13(18)19)11(17)5-4-9-6-14-15(2)7-9/h4-7,10,12H,3,8H2,1-2H3,(H,18,19). The topological polar surface area (TPSA) is 75.4 Å². The Morgan fingerprint density at radius 2 is 2.35 bits per heavy atom. The van der Waals surface area contributed by atoms with Gasteiger partial charge in [-0.05, 0) is 12.5 Å². The summed E-state index contributed by atoms with van der Waals surface area (Å²) in [6.45, 7) is 1.95. The zero-order chi connectivity index (χ0) is 14.7. The van der Waals surface area contributed by atoms with Crippen molar-refractivity contribution in [3.05, 3.63) is 24.0 Å². The van der Waals surface area contributed by atoms with Crippen molar-refractivity contribution in [3.63, 3.8) is 0 Å². The van der Waals surface area contributed by atoms with Crippen molar-refractivity contribution < 1.29 is 14.7 Å². The van der Waals surface area contributed by atoms with Crippen LogP contribution < -0.4 is 0 Å². The first-order valence-corrected chi connectivity index (χ1v) is 7.41. The van der Waals surface area contributed by atoms with Gasteiger partial charge in [-0.2, -0.15) is 5.10 Å². The van der Waals surface area contributed by atoms with E-state index in [9.17, 15) is 14.7 Å². The Kier molecular flexibility index (Phi) is 4.49. The molecule has 0 aliphatic carbocycles. The van der Waals surface area contributed by atoms with E-state index in [0.717, 1.165) is 12.0 Å². The van der Waals surface area contributed by atoms with Crippen LogP contribution in [0.4, 0.5) is 0 Å². The van der Waals surface area contributed by atoms with E-state index in [4.69, 9.17) is 0 Å². The monoisotopic (exact) mass is 295 g/mol. The smallest absolute Gasteiger partial charge is 0.327 e. The van der Waals surface area contributed by atoms with E-state index in [1.165, 1.54) is 22.7 Å². The molecule has 0 aromatic carbocycles. The average molecular weight is 295 g/mol. The van der Waals surface area contributed by atoms with Gasteiger partial charge in [0.1, 0.15) is 6.04 Å². The Labute approximate surface area is 121 Å². The van der Waals surface area contributed by atoms with E-state index in [1.54, 1.807) is 30.2 Å². The lowest BCUT2D eigenvalue weighted by Crippen LogP contribution is -2.44. The number of thioether (sulfide) groups is 1. The molecule has 2 rings (SSSR count). The van der Waals surface area contributed by atoms with Gasteiger partial charge < -0.3 is 10.0 Å². The fraction of sp³-hybridized carbons (Fsp3) is 0.462. The van der Waals surface area contributed by atoms with Crippen LogP contribution in [0.15, 0.2) is 18.5 Å². The molecule has 2 atom stereocenters. The van der Waals surface area contributed by atoms with Gasteiger partial charge in [0, 0.05) is 30.6 Å². The predicted molar refractivity (Wildman–Crippen MR) is 77.0 cm³/mol. The van der Waals surface area contributed by atoms with Crippen LogP contribution in [-0.4, -0.2) is 48.8 Å². The van der Waals surface area contributed by atoms with Crippen molar-refractivity contribution in [2.45, 2.75) is 24.8 Å². The van der Waals surface area contributed by atoms with Crippen molar-refractivity contribution in [1.29, 1.82) is 0 Å². The third kappa shape index (κ3) is 3.04. The van der Waals surface area contributed by atoms with Crippen LogP contribution >= 0.6 is 11.8 Å². The Balaban J connectivity index is 2.13. The van der Waals surface area contributed by atoms with Gasteiger partial charge >= 0.3 is 5.97 Å². The number of carbonyl (C=O) groups is 2. The SMILES string of the molecule is CCC1SCC(C(=O)O)N1C(=O)C=Cc1cnn(C)c1. The molecule has 0 bridgehead atoms. The summed E-state index contributed by atoms with van der Waals surface area (Å²) in [7, 11) is 1.80. The van der Waals surface area contributed by atoms with Gasteiger partial charge in [0.2, 0.25) is 5.91 Å². The Bertz CT molecular complexity index is 541. The maximum absolute atomic E-state index is 12.2. The molecular formula is C13H17N3O3S. The molecule has 108 valence electrons. The lowest BCUT2D eigenvalue weighted by molar-refractivity contribution is -0.147. The van der Waals surface area contributed by atoms with Gasteiger partial charge in [0.05, 0.1) is 11.6 Å². The maximum Gasteiger partial charge on any atom is 0.327 e. The number of hydrogen-bond acceptors (Lipinski definition) is 4. The second-order valence-electron chi connectivity index (χ2n) is 4.58. The highest BCUT2D eigenvalue weighted by Crippen LogP contribution is 2.31. The molecule has 1 N–H and O–H groups in total. The summed E-state index contributed by atoms with van der Waals surface area (Å²) >= 11 is 1.51. The normalized spacial score (nSPS) is 22.6. The number of aliphatic carboxylic acids is 1. The van der Waals surface area contributed by atoms with Gasteiger partial charge in [-0.1, -0.05) is 6.92 Å². The minimum atomic E-state index is -0.948. The molecule has 1 saturated heterocycles. The predicted octanol–water partition coefficient (Wildman–Crippen LogP) is 1.20. The number of aromatic nitrogens is 2. The number of carboxylic acids is 1. The van der Waals surface area contributed by atoms with Crippen molar-refractivity contribution in [2.75, 3.05) is 5.75 Å². The zero-order valence-corrected chi connectivity index (χ0v) is 12.2. The zero-order valence-electron chi connectivity index (χ0n) is 11.4. The van der Waals surface area contributed by atoms with Gasteiger partial charge in [-0.15, -0.1) is 11.8 Å². The molecule has 20 heavy (non-hydrogen) atoms. The summed E-state index contributed by atoms with van der Waals surface area (Å²) < 4.78 is 1.64. The van der Waals surface area contributed by atoms with E-state index in [1.807, 2.05) is 6.92 Å². The number of aryl methyl sites for hydroxylation is 1. The van der Waals surface area contributed by atoms with Crippen molar-refractivity contribution in [3.8, 4) is 0 Å². The molecule has 1 aromatic heterocycles. The van der Waals surface area contributed by atoms with Gasteiger partial charge in [0.15, 0.2) is 0 Å².